The summed E-state index contributed by atoms with van der Waals surface area (Å²) >= 11 is 0. The molecule has 0 radical (unpaired) electrons. The van der Waals surface area contributed by atoms with Crippen LogP contribution in [0.25, 0.3) is 0 Å². The molecule has 1 unspecified atom stereocenters. The average Bonchev–Trinajstić information content (AvgIpc) is 3.24. The molecule has 1 heterocycles. The van der Waals surface area contributed by atoms with Gasteiger partial charge in [0.1, 0.15) is 6.04 Å². The number of hydrogen-bond donors (Lipinski definition) is 1. The fourth-order valence-electron chi connectivity index (χ4n) is 3.24. The number of carbonyl (C=O) groups is 2. The highest BCUT2D eigenvalue weighted by molar-refractivity contribution is 5.88. The van der Waals surface area contributed by atoms with E-state index in [0.717, 1.165) is 18.4 Å². The zero-order valence-electron chi connectivity index (χ0n) is 12.2. The van der Waals surface area contributed by atoms with Gasteiger partial charge in [0.05, 0.1) is 5.54 Å². The first-order chi connectivity index (χ1) is 10.1. The standard InChI is InChI=1S/C16H20N2O3/c1-2-13-14(19)18(10-12-6-4-3-5-7-12)16(8-9-16)11-17(13)15(20)21/h3-7,13H,2,8-11H2,1H3,(H,20,21). The molecule has 1 aliphatic heterocycles. The number of carbonyl (C=O) groups excluding carboxylic acids is 1. The van der Waals surface area contributed by atoms with Crippen molar-refractivity contribution in [2.75, 3.05) is 6.54 Å². The van der Waals surface area contributed by atoms with E-state index >= 15 is 0 Å². The fraction of sp³-hybridized carbons (Fsp3) is 0.500. The normalized spacial score (nSPS) is 23.5. The van der Waals surface area contributed by atoms with Gasteiger partial charge in [-0.1, -0.05) is 37.3 Å². The van der Waals surface area contributed by atoms with Crippen molar-refractivity contribution in [2.24, 2.45) is 0 Å². The van der Waals surface area contributed by atoms with E-state index in [1.165, 1.54) is 4.90 Å². The summed E-state index contributed by atoms with van der Waals surface area (Å²) in [5.41, 5.74) is 0.826. The molecule has 1 saturated carbocycles. The van der Waals surface area contributed by atoms with Crippen LogP contribution >= 0.6 is 0 Å². The number of nitrogens with zero attached hydrogens (tertiary/aromatic N) is 2. The average molecular weight is 288 g/mol. The van der Waals surface area contributed by atoms with E-state index in [0.29, 0.717) is 19.5 Å². The predicted molar refractivity (Wildman–Crippen MR) is 77.8 cm³/mol. The van der Waals surface area contributed by atoms with Crippen LogP contribution in [0.4, 0.5) is 4.79 Å². The van der Waals surface area contributed by atoms with Crippen LogP contribution in [0.1, 0.15) is 31.7 Å². The molecule has 2 aliphatic rings. The zero-order valence-corrected chi connectivity index (χ0v) is 12.2. The van der Waals surface area contributed by atoms with Gasteiger partial charge in [0, 0.05) is 13.1 Å². The SMILES string of the molecule is CCC1C(=O)N(Cc2ccccc2)C2(CC2)CN1C(=O)O. The number of rotatable bonds is 3. The second kappa shape index (κ2) is 5.06. The van der Waals surface area contributed by atoms with Gasteiger partial charge in [-0.25, -0.2) is 4.79 Å². The quantitative estimate of drug-likeness (QED) is 0.928. The van der Waals surface area contributed by atoms with Gasteiger partial charge in [0.25, 0.3) is 0 Å². The Hall–Kier alpha value is -2.04. The molecule has 5 nitrogen and oxygen atoms in total. The lowest BCUT2D eigenvalue weighted by Gasteiger charge is -2.45. The van der Waals surface area contributed by atoms with Gasteiger partial charge in [-0.2, -0.15) is 0 Å². The fourth-order valence-corrected chi connectivity index (χ4v) is 3.24. The smallest absolute Gasteiger partial charge is 0.408 e. The van der Waals surface area contributed by atoms with E-state index in [4.69, 9.17) is 0 Å². The van der Waals surface area contributed by atoms with Crippen molar-refractivity contribution in [3.63, 3.8) is 0 Å². The van der Waals surface area contributed by atoms with E-state index in [-0.39, 0.29) is 11.4 Å². The Bertz CT molecular complexity index is 554. The molecule has 2 fully saturated rings. The largest absolute Gasteiger partial charge is 0.465 e. The molecule has 21 heavy (non-hydrogen) atoms. The van der Waals surface area contributed by atoms with Crippen molar-refractivity contribution >= 4 is 12.0 Å². The van der Waals surface area contributed by atoms with Crippen LogP contribution in [0.15, 0.2) is 30.3 Å². The molecular weight excluding hydrogens is 268 g/mol. The predicted octanol–water partition coefficient (Wildman–Crippen LogP) is 2.32. The maximum atomic E-state index is 12.8. The van der Waals surface area contributed by atoms with Gasteiger partial charge < -0.3 is 10.0 Å². The molecule has 112 valence electrons. The Balaban J connectivity index is 1.86. The van der Waals surface area contributed by atoms with Crippen LogP contribution in [0.2, 0.25) is 0 Å². The number of piperazine rings is 1. The van der Waals surface area contributed by atoms with Crippen LogP contribution in [-0.4, -0.2) is 45.0 Å². The highest BCUT2D eigenvalue weighted by atomic mass is 16.4. The second-order valence-electron chi connectivity index (χ2n) is 5.97. The van der Waals surface area contributed by atoms with Crippen molar-refractivity contribution in [1.82, 2.24) is 9.80 Å². The summed E-state index contributed by atoms with van der Waals surface area (Å²) < 4.78 is 0. The molecule has 1 aliphatic carbocycles. The molecule has 5 heteroatoms. The Morgan fingerprint density at radius 1 is 1.33 bits per heavy atom. The highest BCUT2D eigenvalue weighted by Gasteiger charge is 2.57. The molecule has 1 spiro atoms. The van der Waals surface area contributed by atoms with E-state index in [2.05, 4.69) is 0 Å². The van der Waals surface area contributed by atoms with Crippen LogP contribution < -0.4 is 0 Å². The van der Waals surface area contributed by atoms with Gasteiger partial charge in [-0.15, -0.1) is 0 Å². The minimum absolute atomic E-state index is 0.0486. The molecular formula is C16H20N2O3. The molecule has 1 atom stereocenters. The maximum Gasteiger partial charge on any atom is 0.408 e. The molecule has 1 N–H and O–H groups in total. The third kappa shape index (κ3) is 2.37. The molecule has 0 aromatic heterocycles. The van der Waals surface area contributed by atoms with Crippen LogP contribution in [0, 0.1) is 0 Å². The third-order valence-corrected chi connectivity index (χ3v) is 4.61. The van der Waals surface area contributed by atoms with Gasteiger partial charge in [0.15, 0.2) is 0 Å². The summed E-state index contributed by atoms with van der Waals surface area (Å²) in [6.07, 6.45) is 1.32. The zero-order chi connectivity index (χ0) is 15.0. The van der Waals surface area contributed by atoms with E-state index < -0.39 is 12.1 Å². The molecule has 3 rings (SSSR count). The Kier molecular flexibility index (Phi) is 3.35. The Labute approximate surface area is 124 Å². The molecule has 1 aromatic rings. The van der Waals surface area contributed by atoms with Crippen molar-refractivity contribution in [3.8, 4) is 0 Å². The van der Waals surface area contributed by atoms with Gasteiger partial charge in [-0.3, -0.25) is 9.69 Å². The van der Waals surface area contributed by atoms with E-state index in [1.807, 2.05) is 42.2 Å². The Morgan fingerprint density at radius 2 is 2.00 bits per heavy atom. The van der Waals surface area contributed by atoms with Gasteiger partial charge in [-0.05, 0) is 24.8 Å². The molecule has 2 amide bonds. The summed E-state index contributed by atoms with van der Waals surface area (Å²) in [6.45, 7) is 2.88. The lowest BCUT2D eigenvalue weighted by molar-refractivity contribution is -0.147. The minimum Gasteiger partial charge on any atom is -0.465 e. The van der Waals surface area contributed by atoms with Crippen LogP contribution in [0.3, 0.4) is 0 Å². The Morgan fingerprint density at radius 3 is 2.52 bits per heavy atom. The minimum atomic E-state index is -0.985. The first-order valence-electron chi connectivity index (χ1n) is 7.42. The lowest BCUT2D eigenvalue weighted by atomic mass is 10.0. The van der Waals surface area contributed by atoms with E-state index in [9.17, 15) is 14.7 Å². The summed E-state index contributed by atoms with van der Waals surface area (Å²) in [4.78, 5) is 27.4. The lowest BCUT2D eigenvalue weighted by Crippen LogP contribution is -2.63. The monoisotopic (exact) mass is 288 g/mol. The highest BCUT2D eigenvalue weighted by Crippen LogP contribution is 2.46. The molecule has 1 aromatic carbocycles. The van der Waals surface area contributed by atoms with Crippen LogP contribution in [-0.2, 0) is 11.3 Å². The number of carboxylic acid groups (broad SMARTS) is 1. The second-order valence-corrected chi connectivity index (χ2v) is 5.97. The van der Waals surface area contributed by atoms with Gasteiger partial charge in [0.2, 0.25) is 5.91 Å². The van der Waals surface area contributed by atoms with Crippen molar-refractivity contribution in [1.29, 1.82) is 0 Å². The van der Waals surface area contributed by atoms with Crippen molar-refractivity contribution in [2.45, 2.75) is 44.3 Å². The summed E-state index contributed by atoms with van der Waals surface area (Å²) in [6, 6.07) is 9.35. The number of amides is 2. The first-order valence-corrected chi connectivity index (χ1v) is 7.42. The summed E-state index contributed by atoms with van der Waals surface area (Å²) in [7, 11) is 0. The third-order valence-electron chi connectivity index (χ3n) is 4.61. The topological polar surface area (TPSA) is 60.9 Å². The number of hydrogen-bond acceptors (Lipinski definition) is 2. The first kappa shape index (κ1) is 13.9. The maximum absolute atomic E-state index is 12.8. The molecule has 1 saturated heterocycles. The number of benzene rings is 1. The summed E-state index contributed by atoms with van der Waals surface area (Å²) in [5.74, 6) is -0.0486. The van der Waals surface area contributed by atoms with E-state index in [1.54, 1.807) is 0 Å². The van der Waals surface area contributed by atoms with Crippen molar-refractivity contribution in [3.05, 3.63) is 35.9 Å². The summed E-state index contributed by atoms with van der Waals surface area (Å²) in [5, 5.41) is 9.35. The molecule has 0 bridgehead atoms. The van der Waals surface area contributed by atoms with Gasteiger partial charge >= 0.3 is 6.09 Å². The van der Waals surface area contributed by atoms with Crippen molar-refractivity contribution < 1.29 is 14.7 Å². The van der Waals surface area contributed by atoms with Crippen LogP contribution in [0.5, 0.6) is 0 Å².